The van der Waals surface area contributed by atoms with Crippen LogP contribution < -0.4 is 0 Å². The van der Waals surface area contributed by atoms with Gasteiger partial charge in [0.1, 0.15) is 11.5 Å². The summed E-state index contributed by atoms with van der Waals surface area (Å²) in [5, 5.41) is 19.2. The largest absolute Gasteiger partial charge is 0.504 e. The van der Waals surface area contributed by atoms with Gasteiger partial charge in [0.2, 0.25) is 0 Å². The molecule has 0 saturated heterocycles. The highest BCUT2D eigenvalue weighted by Gasteiger charge is 2.28. The van der Waals surface area contributed by atoms with Gasteiger partial charge in [-0.2, -0.15) is 0 Å². The minimum atomic E-state index is -0.0837. The smallest absolute Gasteiger partial charge is 0.157 e. The van der Waals surface area contributed by atoms with Gasteiger partial charge in [-0.25, -0.2) is 0 Å². The van der Waals surface area contributed by atoms with Crippen molar-refractivity contribution in [2.45, 2.75) is 25.8 Å². The summed E-state index contributed by atoms with van der Waals surface area (Å²) in [5.74, 6) is 2.02. The Balaban J connectivity index is 2.05. The van der Waals surface area contributed by atoms with Gasteiger partial charge in [0.15, 0.2) is 11.5 Å². The van der Waals surface area contributed by atoms with Gasteiger partial charge in [-0.05, 0) is 30.8 Å². The minimum Gasteiger partial charge on any atom is -0.504 e. The van der Waals surface area contributed by atoms with Gasteiger partial charge in [-0.1, -0.05) is 13.0 Å². The molecular weight excluding hydrogens is 254 g/mol. The summed E-state index contributed by atoms with van der Waals surface area (Å²) in [4.78, 5) is 2.21. The lowest BCUT2D eigenvalue weighted by atomic mass is 9.88. The molecule has 1 aromatic heterocycles. The van der Waals surface area contributed by atoms with Crippen molar-refractivity contribution in [3.63, 3.8) is 0 Å². The third-order valence-corrected chi connectivity index (χ3v) is 3.93. The first-order valence-corrected chi connectivity index (χ1v) is 6.90. The molecule has 1 atom stereocenters. The van der Waals surface area contributed by atoms with Crippen LogP contribution in [0.25, 0.3) is 0 Å². The van der Waals surface area contributed by atoms with Gasteiger partial charge in [-0.3, -0.25) is 4.90 Å². The van der Waals surface area contributed by atoms with Gasteiger partial charge in [0, 0.05) is 24.4 Å². The molecular formula is C16H19NO3. The monoisotopic (exact) mass is 273 g/mol. The fourth-order valence-electron chi connectivity index (χ4n) is 2.86. The standard InChI is InChI=1S/C16H19NO3/c1-3-11-7-12-13(8-17(2)9-16(12)20-11)10-4-5-14(18)15(19)6-10/h4-7,13,18-19H,3,8-9H2,1-2H3. The maximum atomic E-state index is 9.71. The molecule has 1 unspecified atom stereocenters. The van der Waals surface area contributed by atoms with E-state index in [9.17, 15) is 10.2 Å². The maximum Gasteiger partial charge on any atom is 0.157 e. The molecule has 4 nitrogen and oxygen atoms in total. The summed E-state index contributed by atoms with van der Waals surface area (Å²) >= 11 is 0. The van der Waals surface area contributed by atoms with E-state index < -0.39 is 0 Å². The Morgan fingerprint density at radius 1 is 1.25 bits per heavy atom. The molecule has 1 aromatic carbocycles. The average Bonchev–Trinajstić information content (AvgIpc) is 2.83. The molecule has 0 aliphatic carbocycles. The van der Waals surface area contributed by atoms with Crippen LogP contribution in [0.2, 0.25) is 0 Å². The van der Waals surface area contributed by atoms with Crippen molar-refractivity contribution in [3.8, 4) is 11.5 Å². The first-order valence-electron chi connectivity index (χ1n) is 6.90. The van der Waals surface area contributed by atoms with E-state index in [2.05, 4.69) is 24.9 Å². The zero-order chi connectivity index (χ0) is 14.3. The molecule has 1 aliphatic heterocycles. The number of phenolic OH excluding ortho intramolecular Hbond substituents is 2. The summed E-state index contributed by atoms with van der Waals surface area (Å²) in [6, 6.07) is 7.17. The van der Waals surface area contributed by atoms with E-state index >= 15 is 0 Å². The molecule has 106 valence electrons. The number of fused-ring (bicyclic) bond motifs is 1. The van der Waals surface area contributed by atoms with Crippen molar-refractivity contribution >= 4 is 0 Å². The molecule has 2 aromatic rings. The van der Waals surface area contributed by atoms with Crippen LogP contribution in [-0.4, -0.2) is 28.7 Å². The lowest BCUT2D eigenvalue weighted by Crippen LogP contribution is -2.30. The molecule has 0 amide bonds. The topological polar surface area (TPSA) is 56.8 Å². The minimum absolute atomic E-state index is 0.0727. The second-order valence-corrected chi connectivity index (χ2v) is 5.44. The second-order valence-electron chi connectivity index (χ2n) is 5.44. The maximum absolute atomic E-state index is 9.71. The van der Waals surface area contributed by atoms with Gasteiger partial charge in [0.25, 0.3) is 0 Å². The summed E-state index contributed by atoms with van der Waals surface area (Å²) in [6.45, 7) is 3.77. The molecule has 0 fully saturated rings. The number of aryl methyl sites for hydroxylation is 1. The zero-order valence-electron chi connectivity index (χ0n) is 11.8. The number of hydrogen-bond donors (Lipinski definition) is 2. The fourth-order valence-corrected chi connectivity index (χ4v) is 2.86. The van der Waals surface area contributed by atoms with Crippen LogP contribution in [0.3, 0.4) is 0 Å². The molecule has 0 saturated carbocycles. The molecule has 0 radical (unpaired) electrons. The number of phenols is 2. The predicted molar refractivity (Wildman–Crippen MR) is 76.0 cm³/mol. The molecule has 2 N–H and O–H groups in total. The van der Waals surface area contributed by atoms with Gasteiger partial charge in [-0.15, -0.1) is 0 Å². The van der Waals surface area contributed by atoms with Crippen LogP contribution >= 0.6 is 0 Å². The van der Waals surface area contributed by atoms with Crippen LogP contribution in [0, 0.1) is 0 Å². The number of aromatic hydroxyl groups is 2. The van der Waals surface area contributed by atoms with Crippen LogP contribution in [0.1, 0.15) is 35.5 Å². The number of rotatable bonds is 2. The highest BCUT2D eigenvalue weighted by molar-refractivity contribution is 5.46. The van der Waals surface area contributed by atoms with E-state index in [0.717, 1.165) is 36.6 Å². The van der Waals surface area contributed by atoms with Crippen molar-refractivity contribution in [2.24, 2.45) is 0 Å². The summed E-state index contributed by atoms with van der Waals surface area (Å²) < 4.78 is 5.88. The number of likely N-dealkylation sites (N-methyl/N-ethyl adjacent to an activating group) is 1. The highest BCUT2D eigenvalue weighted by Crippen LogP contribution is 2.37. The molecule has 3 rings (SSSR count). The van der Waals surface area contributed by atoms with Crippen molar-refractivity contribution in [3.05, 3.63) is 46.9 Å². The van der Waals surface area contributed by atoms with Gasteiger partial charge >= 0.3 is 0 Å². The second kappa shape index (κ2) is 4.87. The molecule has 4 heteroatoms. The lowest BCUT2D eigenvalue weighted by Gasteiger charge is -2.29. The quantitative estimate of drug-likeness (QED) is 0.826. The normalized spacial score (nSPS) is 19.0. The van der Waals surface area contributed by atoms with Crippen LogP contribution in [0.4, 0.5) is 0 Å². The van der Waals surface area contributed by atoms with Crippen molar-refractivity contribution in [2.75, 3.05) is 13.6 Å². The number of nitrogens with zero attached hydrogens (tertiary/aromatic N) is 1. The predicted octanol–water partition coefficient (Wildman–Crippen LogP) is 2.83. The molecule has 1 aliphatic rings. The van der Waals surface area contributed by atoms with Crippen LogP contribution in [-0.2, 0) is 13.0 Å². The molecule has 20 heavy (non-hydrogen) atoms. The van der Waals surface area contributed by atoms with Crippen molar-refractivity contribution in [1.82, 2.24) is 4.90 Å². The Morgan fingerprint density at radius 2 is 2.05 bits per heavy atom. The van der Waals surface area contributed by atoms with E-state index in [0.29, 0.717) is 0 Å². The Morgan fingerprint density at radius 3 is 2.75 bits per heavy atom. The third-order valence-electron chi connectivity index (χ3n) is 3.93. The van der Waals surface area contributed by atoms with Crippen molar-refractivity contribution < 1.29 is 14.6 Å². The summed E-state index contributed by atoms with van der Waals surface area (Å²) in [7, 11) is 2.06. The number of furan rings is 1. The Labute approximate surface area is 118 Å². The van der Waals surface area contributed by atoms with Gasteiger partial charge < -0.3 is 14.6 Å². The van der Waals surface area contributed by atoms with E-state index in [-0.39, 0.29) is 17.4 Å². The molecule has 2 heterocycles. The van der Waals surface area contributed by atoms with E-state index in [1.807, 2.05) is 6.07 Å². The van der Waals surface area contributed by atoms with Gasteiger partial charge in [0.05, 0.1) is 6.54 Å². The molecule has 0 bridgehead atoms. The van der Waals surface area contributed by atoms with Crippen LogP contribution in [0.5, 0.6) is 11.5 Å². The number of hydrogen-bond acceptors (Lipinski definition) is 4. The highest BCUT2D eigenvalue weighted by atomic mass is 16.3. The Hall–Kier alpha value is -1.94. The zero-order valence-corrected chi connectivity index (χ0v) is 11.8. The first kappa shape index (κ1) is 13.1. The third kappa shape index (κ3) is 2.16. The Bertz CT molecular complexity index is 633. The first-order chi connectivity index (χ1) is 9.58. The lowest BCUT2D eigenvalue weighted by molar-refractivity contribution is 0.259. The van der Waals surface area contributed by atoms with Crippen molar-refractivity contribution in [1.29, 1.82) is 0 Å². The Kier molecular flexibility index (Phi) is 3.18. The van der Waals surface area contributed by atoms with Crippen LogP contribution in [0.15, 0.2) is 28.7 Å². The molecule has 0 spiro atoms. The fraction of sp³-hybridized carbons (Fsp3) is 0.375. The SMILES string of the molecule is CCc1cc2c(o1)CN(C)CC2c1ccc(O)c(O)c1. The van der Waals surface area contributed by atoms with E-state index in [1.165, 1.54) is 5.56 Å². The number of benzene rings is 1. The summed E-state index contributed by atoms with van der Waals surface area (Å²) in [6.07, 6.45) is 0.879. The summed E-state index contributed by atoms with van der Waals surface area (Å²) in [5.41, 5.74) is 2.20. The van der Waals surface area contributed by atoms with E-state index in [1.54, 1.807) is 12.1 Å². The average molecular weight is 273 g/mol. The van der Waals surface area contributed by atoms with E-state index in [4.69, 9.17) is 4.42 Å².